The minimum atomic E-state index is 0.630. The molecule has 68 heavy (non-hydrogen) atoms. The molecule has 5 heterocycles. The van der Waals surface area contributed by atoms with Crippen molar-refractivity contribution in [2.24, 2.45) is 0 Å². The first-order valence-electron chi connectivity index (χ1n) is 23.0. The second kappa shape index (κ2) is 14.3. The highest BCUT2D eigenvalue weighted by Gasteiger charge is 2.22. The number of para-hydroxylation sites is 4. The number of hydrogen-bond acceptors (Lipinski definition) is 4. The van der Waals surface area contributed by atoms with Crippen LogP contribution in [0, 0.1) is 0 Å². The van der Waals surface area contributed by atoms with E-state index < -0.39 is 0 Å². The van der Waals surface area contributed by atoms with Crippen LogP contribution < -0.4 is 0 Å². The summed E-state index contributed by atoms with van der Waals surface area (Å²) < 4.78 is 14.0. The van der Waals surface area contributed by atoms with Crippen LogP contribution in [0.4, 0.5) is 0 Å². The SMILES string of the molecule is c1ccc(-n2c3ccccc3c3cc(-c4cc(-c5ccc6c(c5)sc5ccccc56)nc(-c5cc(-n6c7ccccc7c7cc8ccccc8cc76)cc6oc7ccccc7c56)n4)ccc32)cc1. The summed E-state index contributed by atoms with van der Waals surface area (Å²) in [5.74, 6) is 0.630. The summed E-state index contributed by atoms with van der Waals surface area (Å²) in [5.41, 5.74) is 12.9. The molecule has 5 aromatic heterocycles. The third kappa shape index (κ3) is 5.55. The van der Waals surface area contributed by atoms with Gasteiger partial charge < -0.3 is 13.6 Å². The van der Waals surface area contributed by atoms with Crippen LogP contribution in [0.2, 0.25) is 0 Å². The molecule has 0 saturated carbocycles. The highest BCUT2D eigenvalue weighted by Crippen LogP contribution is 2.43. The first kappa shape index (κ1) is 37.4. The van der Waals surface area contributed by atoms with E-state index in [0.29, 0.717) is 5.82 Å². The minimum Gasteiger partial charge on any atom is -0.456 e. The first-order valence-corrected chi connectivity index (χ1v) is 23.8. The van der Waals surface area contributed by atoms with E-state index in [-0.39, 0.29) is 0 Å². The number of fused-ring (bicyclic) bond motifs is 13. The van der Waals surface area contributed by atoms with E-state index in [1.165, 1.54) is 52.5 Å². The summed E-state index contributed by atoms with van der Waals surface area (Å²) in [6.07, 6.45) is 0. The molecule has 0 aliphatic carbocycles. The molecule has 15 aromatic rings. The Labute approximate surface area is 393 Å². The van der Waals surface area contributed by atoms with E-state index >= 15 is 0 Å². The Morgan fingerprint density at radius 3 is 1.74 bits per heavy atom. The van der Waals surface area contributed by atoms with Gasteiger partial charge in [0.25, 0.3) is 0 Å². The smallest absolute Gasteiger partial charge is 0.161 e. The van der Waals surface area contributed by atoms with Crippen molar-refractivity contribution in [2.75, 3.05) is 0 Å². The maximum atomic E-state index is 6.81. The molecule has 0 aliphatic heterocycles. The van der Waals surface area contributed by atoms with Gasteiger partial charge in [-0.2, -0.15) is 0 Å². The summed E-state index contributed by atoms with van der Waals surface area (Å²) in [6.45, 7) is 0. The van der Waals surface area contributed by atoms with Gasteiger partial charge in [0.1, 0.15) is 11.2 Å². The fourth-order valence-corrected chi connectivity index (χ4v) is 12.0. The van der Waals surface area contributed by atoms with Crippen LogP contribution in [0.3, 0.4) is 0 Å². The molecule has 0 atom stereocenters. The molecule has 0 unspecified atom stereocenters. The van der Waals surface area contributed by atoms with Gasteiger partial charge in [-0.1, -0.05) is 133 Å². The molecule has 0 radical (unpaired) electrons. The van der Waals surface area contributed by atoms with Gasteiger partial charge in [0.2, 0.25) is 0 Å². The molecule has 0 aliphatic rings. The number of thiophene rings is 1. The van der Waals surface area contributed by atoms with E-state index in [1.54, 1.807) is 0 Å². The Kier molecular flexibility index (Phi) is 7.88. The Bertz CT molecular complexity index is 4570. The molecule has 316 valence electrons. The van der Waals surface area contributed by atoms with Crippen molar-refractivity contribution < 1.29 is 4.42 Å². The van der Waals surface area contributed by atoms with Crippen LogP contribution in [0.25, 0.3) is 142 Å². The van der Waals surface area contributed by atoms with E-state index in [4.69, 9.17) is 14.4 Å². The van der Waals surface area contributed by atoms with Gasteiger partial charge in [0, 0.05) is 80.9 Å². The maximum Gasteiger partial charge on any atom is 0.161 e. The molecule has 10 aromatic carbocycles. The summed E-state index contributed by atoms with van der Waals surface area (Å²) in [5, 5.41) is 11.7. The highest BCUT2D eigenvalue weighted by molar-refractivity contribution is 7.25. The molecule has 0 spiro atoms. The van der Waals surface area contributed by atoms with Crippen LogP contribution in [-0.4, -0.2) is 19.1 Å². The van der Waals surface area contributed by atoms with Crippen LogP contribution in [0.1, 0.15) is 0 Å². The van der Waals surface area contributed by atoms with Gasteiger partial charge >= 0.3 is 0 Å². The normalized spacial score (nSPS) is 12.1. The summed E-state index contributed by atoms with van der Waals surface area (Å²) in [4.78, 5) is 11.2. The van der Waals surface area contributed by atoms with Gasteiger partial charge in [0.05, 0.1) is 39.1 Å². The van der Waals surface area contributed by atoms with Crippen molar-refractivity contribution in [1.82, 2.24) is 19.1 Å². The van der Waals surface area contributed by atoms with Crippen LogP contribution in [-0.2, 0) is 0 Å². The van der Waals surface area contributed by atoms with Crippen molar-refractivity contribution in [2.45, 2.75) is 0 Å². The molecule has 0 amide bonds. The summed E-state index contributed by atoms with van der Waals surface area (Å²) in [7, 11) is 0. The van der Waals surface area contributed by atoms with Gasteiger partial charge in [-0.05, 0) is 89.6 Å². The van der Waals surface area contributed by atoms with E-state index in [0.717, 1.165) is 83.5 Å². The van der Waals surface area contributed by atoms with E-state index in [1.807, 2.05) is 17.4 Å². The lowest BCUT2D eigenvalue weighted by Crippen LogP contribution is -1.99. The quantitative estimate of drug-likeness (QED) is 0.173. The number of aromatic nitrogens is 4. The largest absolute Gasteiger partial charge is 0.456 e. The Hall–Kier alpha value is -8.84. The monoisotopic (exact) mass is 884 g/mol. The molecule has 0 fully saturated rings. The molecule has 15 rings (SSSR count). The summed E-state index contributed by atoms with van der Waals surface area (Å²) in [6, 6.07) is 78.4. The van der Waals surface area contributed by atoms with E-state index in [2.05, 4.69) is 221 Å². The van der Waals surface area contributed by atoms with Crippen molar-refractivity contribution in [1.29, 1.82) is 0 Å². The highest BCUT2D eigenvalue weighted by atomic mass is 32.1. The predicted octanol–water partition coefficient (Wildman–Crippen LogP) is 17.1. The zero-order chi connectivity index (χ0) is 44.5. The van der Waals surface area contributed by atoms with Gasteiger partial charge in [-0.15, -0.1) is 11.3 Å². The maximum absolute atomic E-state index is 6.81. The Morgan fingerprint density at radius 1 is 0.353 bits per heavy atom. The Morgan fingerprint density at radius 2 is 0.941 bits per heavy atom. The van der Waals surface area contributed by atoms with Crippen LogP contribution >= 0.6 is 11.3 Å². The molecule has 5 nitrogen and oxygen atoms in total. The van der Waals surface area contributed by atoms with Gasteiger partial charge in [0.15, 0.2) is 5.82 Å². The predicted molar refractivity (Wildman–Crippen MR) is 285 cm³/mol. The molecule has 0 saturated heterocycles. The van der Waals surface area contributed by atoms with Crippen LogP contribution in [0.15, 0.2) is 223 Å². The topological polar surface area (TPSA) is 48.8 Å². The number of benzene rings is 10. The van der Waals surface area contributed by atoms with Gasteiger partial charge in [-0.3, -0.25) is 0 Å². The average Bonchev–Trinajstić information content (AvgIpc) is 4.15. The second-order valence-corrected chi connectivity index (χ2v) is 18.8. The molecular formula is C62H36N4OS. The van der Waals surface area contributed by atoms with Gasteiger partial charge in [-0.25, -0.2) is 9.97 Å². The third-order valence-corrected chi connectivity index (χ3v) is 15.0. The number of rotatable bonds is 5. The molecule has 0 bridgehead atoms. The number of furan rings is 1. The standard InChI is InChI=1S/C62H36N4OS/c1-2-16-41(17-3-1)65-53-22-10-6-18-43(53)48-31-39(27-29-55(48)65)51-36-52(40-26-28-46-45-20-9-13-25-59(45)68-60(46)33-40)64-62(63-51)50-34-42(35-58-61(50)47-21-8-12-24-57(47)67-58)66-54-23-11-7-19-44(54)49-30-37-14-4-5-15-38(37)32-56(49)66/h1-36H. The summed E-state index contributed by atoms with van der Waals surface area (Å²) >= 11 is 1.82. The Balaban J connectivity index is 1.02. The third-order valence-electron chi connectivity index (χ3n) is 13.9. The first-order chi connectivity index (χ1) is 33.7. The lowest BCUT2D eigenvalue weighted by atomic mass is 10.0. The lowest BCUT2D eigenvalue weighted by molar-refractivity contribution is 0.668. The molecule has 6 heteroatoms. The number of nitrogens with zero attached hydrogens (tertiary/aromatic N) is 4. The molecular weight excluding hydrogens is 849 g/mol. The zero-order valence-electron chi connectivity index (χ0n) is 36.4. The second-order valence-electron chi connectivity index (χ2n) is 17.7. The van der Waals surface area contributed by atoms with Crippen molar-refractivity contribution in [3.63, 3.8) is 0 Å². The van der Waals surface area contributed by atoms with E-state index in [9.17, 15) is 0 Å². The van der Waals surface area contributed by atoms with Crippen molar-refractivity contribution in [3.8, 4) is 45.3 Å². The fraction of sp³-hybridized carbons (Fsp3) is 0. The van der Waals surface area contributed by atoms with Crippen molar-refractivity contribution in [3.05, 3.63) is 218 Å². The molecule has 0 N–H and O–H groups in total. The fourth-order valence-electron chi connectivity index (χ4n) is 10.8. The van der Waals surface area contributed by atoms with Crippen molar-refractivity contribution >= 4 is 108 Å². The average molecular weight is 885 g/mol. The van der Waals surface area contributed by atoms with Crippen LogP contribution in [0.5, 0.6) is 0 Å². The minimum absolute atomic E-state index is 0.630. The number of hydrogen-bond donors (Lipinski definition) is 0. The zero-order valence-corrected chi connectivity index (χ0v) is 37.2. The lowest BCUT2D eigenvalue weighted by Gasteiger charge is -2.14.